The van der Waals surface area contributed by atoms with Gasteiger partial charge in [0.15, 0.2) is 8.32 Å². The molecule has 2 atom stereocenters. The highest BCUT2D eigenvalue weighted by Crippen LogP contribution is 2.55. The Morgan fingerprint density at radius 3 is 2.32 bits per heavy atom. The number of carbonyl (C=O) groups is 2. The molecule has 0 aliphatic carbocycles. The summed E-state index contributed by atoms with van der Waals surface area (Å²) in [7, 11) is -6.20. The molecule has 7 nitrogen and oxygen atoms in total. The molecule has 2 heterocycles. The number of nitrogens with zero attached hydrogens (tertiary/aromatic N) is 1. The molecule has 170 valence electrons. The zero-order chi connectivity index (χ0) is 23.4. The minimum atomic E-state index is -4.12. The molecular formula is C22H31NO6SSi. The van der Waals surface area contributed by atoms with Crippen LogP contribution in [0.4, 0.5) is 0 Å². The fourth-order valence-corrected chi connectivity index (χ4v) is 7.19. The SMILES string of the molecule is CC(C)(C)[Si](C)(C)OCC[C@@]1(C)C(S(=O)(=O)c2ccccc2)=C(C(=O)O)N2C(=O)C[C@@H]21. The quantitative estimate of drug-likeness (QED) is 0.486. The van der Waals surface area contributed by atoms with Gasteiger partial charge in [-0.25, -0.2) is 13.2 Å². The lowest BCUT2D eigenvalue weighted by Crippen LogP contribution is -2.55. The molecule has 1 fully saturated rings. The average molecular weight is 466 g/mol. The van der Waals surface area contributed by atoms with Gasteiger partial charge in [-0.05, 0) is 36.7 Å². The predicted molar refractivity (Wildman–Crippen MR) is 119 cm³/mol. The Hall–Kier alpha value is -1.97. The normalized spacial score (nSPS) is 24.3. The first-order valence-corrected chi connectivity index (χ1v) is 14.8. The van der Waals surface area contributed by atoms with E-state index in [1.165, 1.54) is 12.1 Å². The molecule has 1 N–H and O–H groups in total. The summed E-state index contributed by atoms with van der Waals surface area (Å²) in [6, 6.07) is 7.30. The molecule has 31 heavy (non-hydrogen) atoms. The van der Waals surface area contributed by atoms with E-state index >= 15 is 0 Å². The number of carboxylic acid groups (broad SMARTS) is 1. The van der Waals surface area contributed by atoms with E-state index in [0.29, 0.717) is 13.0 Å². The largest absolute Gasteiger partial charge is 0.477 e. The van der Waals surface area contributed by atoms with Crippen LogP contribution in [0.3, 0.4) is 0 Å². The van der Waals surface area contributed by atoms with Crippen LogP contribution in [0.15, 0.2) is 45.8 Å². The second-order valence-corrected chi connectivity index (χ2v) is 16.8. The maximum absolute atomic E-state index is 13.6. The first kappa shape index (κ1) is 23.7. The van der Waals surface area contributed by atoms with Crippen LogP contribution in [-0.4, -0.2) is 51.3 Å². The van der Waals surface area contributed by atoms with Crippen LogP contribution in [0.25, 0.3) is 0 Å². The molecule has 0 aromatic heterocycles. The zero-order valence-electron chi connectivity index (χ0n) is 18.9. The fraction of sp³-hybridized carbons (Fsp3) is 0.545. The fourth-order valence-electron chi connectivity index (χ4n) is 4.11. The third-order valence-electron chi connectivity index (χ3n) is 7.07. The van der Waals surface area contributed by atoms with Gasteiger partial charge in [0.25, 0.3) is 0 Å². The van der Waals surface area contributed by atoms with Gasteiger partial charge in [-0.2, -0.15) is 0 Å². The van der Waals surface area contributed by atoms with Crippen molar-refractivity contribution in [1.29, 1.82) is 0 Å². The van der Waals surface area contributed by atoms with E-state index in [1.54, 1.807) is 25.1 Å². The van der Waals surface area contributed by atoms with Crippen LogP contribution < -0.4 is 0 Å². The number of benzene rings is 1. The summed E-state index contributed by atoms with van der Waals surface area (Å²) in [5.74, 6) is -1.77. The number of carbonyl (C=O) groups excluding carboxylic acids is 1. The maximum Gasteiger partial charge on any atom is 0.353 e. The van der Waals surface area contributed by atoms with Crippen LogP contribution in [0.2, 0.25) is 18.1 Å². The van der Waals surface area contributed by atoms with Gasteiger partial charge in [-0.3, -0.25) is 4.79 Å². The Balaban J connectivity index is 2.06. The first-order chi connectivity index (χ1) is 14.1. The summed E-state index contributed by atoms with van der Waals surface area (Å²) in [5.41, 5.74) is -1.46. The lowest BCUT2D eigenvalue weighted by molar-refractivity contribution is -0.150. The summed E-state index contributed by atoms with van der Waals surface area (Å²) in [6.07, 6.45) is 0.438. The molecule has 1 aromatic rings. The van der Waals surface area contributed by atoms with E-state index in [9.17, 15) is 23.1 Å². The number of carboxylic acids is 1. The molecule has 0 radical (unpaired) electrons. The number of amides is 1. The van der Waals surface area contributed by atoms with E-state index in [2.05, 4.69) is 33.9 Å². The maximum atomic E-state index is 13.6. The van der Waals surface area contributed by atoms with Crippen LogP contribution in [0.1, 0.15) is 40.5 Å². The van der Waals surface area contributed by atoms with E-state index in [-0.39, 0.29) is 27.2 Å². The predicted octanol–water partition coefficient (Wildman–Crippen LogP) is 3.79. The molecule has 0 bridgehead atoms. The Kier molecular flexibility index (Phi) is 5.78. The van der Waals surface area contributed by atoms with Gasteiger partial charge < -0.3 is 14.4 Å². The lowest BCUT2D eigenvalue weighted by Gasteiger charge is -2.44. The second kappa shape index (κ2) is 7.56. The molecule has 2 aliphatic heterocycles. The monoisotopic (exact) mass is 465 g/mol. The number of hydrogen-bond acceptors (Lipinski definition) is 5. The highest BCUT2D eigenvalue weighted by atomic mass is 32.2. The third kappa shape index (κ3) is 3.76. The summed E-state index contributed by atoms with van der Waals surface area (Å²) < 4.78 is 33.5. The first-order valence-electron chi connectivity index (χ1n) is 10.4. The molecule has 0 unspecified atom stereocenters. The minimum Gasteiger partial charge on any atom is -0.477 e. The van der Waals surface area contributed by atoms with E-state index in [1.807, 2.05) is 0 Å². The Morgan fingerprint density at radius 1 is 1.26 bits per heavy atom. The molecule has 1 amide bonds. The van der Waals surface area contributed by atoms with Gasteiger partial charge in [0.05, 0.1) is 15.8 Å². The van der Waals surface area contributed by atoms with Crippen molar-refractivity contribution < 1.29 is 27.5 Å². The molecule has 2 aliphatic rings. The van der Waals surface area contributed by atoms with Crippen molar-refractivity contribution >= 4 is 30.0 Å². The summed E-state index contributed by atoms with van der Waals surface area (Å²) in [4.78, 5) is 25.4. The molecule has 1 aromatic carbocycles. The summed E-state index contributed by atoms with van der Waals surface area (Å²) in [6.45, 7) is 12.6. The van der Waals surface area contributed by atoms with Crippen LogP contribution in [-0.2, 0) is 23.9 Å². The Bertz CT molecular complexity index is 1040. The second-order valence-electron chi connectivity index (χ2n) is 10.1. The van der Waals surface area contributed by atoms with Crippen molar-refractivity contribution in [3.05, 3.63) is 40.9 Å². The average Bonchev–Trinajstić information content (AvgIpc) is 2.86. The molecule has 3 rings (SSSR count). The highest BCUT2D eigenvalue weighted by Gasteiger charge is 2.62. The third-order valence-corrected chi connectivity index (χ3v) is 13.7. The van der Waals surface area contributed by atoms with Crippen molar-refractivity contribution in [3.8, 4) is 0 Å². The zero-order valence-corrected chi connectivity index (χ0v) is 20.7. The molecule has 0 saturated carbocycles. The molecule has 0 spiro atoms. The van der Waals surface area contributed by atoms with Crippen molar-refractivity contribution in [3.63, 3.8) is 0 Å². The topological polar surface area (TPSA) is 101 Å². The smallest absolute Gasteiger partial charge is 0.353 e. The van der Waals surface area contributed by atoms with E-state index < -0.39 is 41.3 Å². The van der Waals surface area contributed by atoms with Crippen molar-refractivity contribution in [2.45, 2.75) is 69.6 Å². The molecule has 9 heteroatoms. The van der Waals surface area contributed by atoms with Gasteiger partial charge in [0.1, 0.15) is 5.70 Å². The number of β-lactam (4-membered cyclic amide) rings is 1. The molecular weight excluding hydrogens is 434 g/mol. The number of fused-ring (bicyclic) bond motifs is 1. The minimum absolute atomic E-state index is 0.0109. The van der Waals surface area contributed by atoms with Gasteiger partial charge in [0, 0.05) is 18.4 Å². The van der Waals surface area contributed by atoms with Crippen LogP contribution in [0.5, 0.6) is 0 Å². The summed E-state index contributed by atoms with van der Waals surface area (Å²) in [5, 5.41) is 9.88. The standard InChI is InChI=1S/C22H31NO6SSi/c1-21(2,3)31(5,6)29-13-12-22(4)16-14-17(24)23(16)18(20(25)26)19(22)30(27,28)15-10-8-7-9-11-15/h7-11,16H,12-14H2,1-6H3,(H,25,26)/t16-,22-/m1/s1. The van der Waals surface area contributed by atoms with Crippen molar-refractivity contribution in [2.24, 2.45) is 5.41 Å². The van der Waals surface area contributed by atoms with Gasteiger partial charge in [-0.15, -0.1) is 0 Å². The van der Waals surface area contributed by atoms with Gasteiger partial charge in [0.2, 0.25) is 15.7 Å². The number of hydrogen-bond donors (Lipinski definition) is 1. The number of sulfone groups is 1. The molecule has 1 saturated heterocycles. The number of aliphatic carboxylic acids is 1. The van der Waals surface area contributed by atoms with E-state index in [4.69, 9.17) is 4.43 Å². The van der Waals surface area contributed by atoms with Crippen molar-refractivity contribution in [2.75, 3.05) is 6.61 Å². The van der Waals surface area contributed by atoms with Crippen LogP contribution in [0, 0.1) is 5.41 Å². The Morgan fingerprint density at radius 2 is 1.84 bits per heavy atom. The summed E-state index contributed by atoms with van der Waals surface area (Å²) >= 11 is 0. The van der Waals surface area contributed by atoms with Gasteiger partial charge in [-0.1, -0.05) is 45.9 Å². The highest BCUT2D eigenvalue weighted by molar-refractivity contribution is 7.95. The van der Waals surface area contributed by atoms with Crippen molar-refractivity contribution in [1.82, 2.24) is 4.90 Å². The lowest BCUT2D eigenvalue weighted by atomic mass is 9.76. The number of rotatable bonds is 7. The Labute approximate surface area is 185 Å². The van der Waals surface area contributed by atoms with E-state index in [0.717, 1.165) is 4.90 Å². The van der Waals surface area contributed by atoms with Gasteiger partial charge >= 0.3 is 5.97 Å². The van der Waals surface area contributed by atoms with Crippen LogP contribution >= 0.6 is 0 Å².